The van der Waals surface area contributed by atoms with Gasteiger partial charge in [-0.3, -0.25) is 4.79 Å². The Balaban J connectivity index is 3.25. The molecule has 0 heterocycles. The standard InChI is InChI=1S/C12H8F6N2O3/c1-23-7-4-2-6(3-5-7)19-20-8(9(21)11(13,14)15)10(22)12(16,17)18/h2-5,21H,1H3/b9-8+,20-19?. The molecule has 23 heavy (non-hydrogen) atoms. The Labute approximate surface area is 124 Å². The third kappa shape index (κ3) is 4.97. The first-order valence-corrected chi connectivity index (χ1v) is 5.64. The van der Waals surface area contributed by atoms with Crippen LogP contribution in [0.15, 0.2) is 46.0 Å². The Morgan fingerprint density at radius 3 is 1.96 bits per heavy atom. The van der Waals surface area contributed by atoms with Crippen molar-refractivity contribution in [2.75, 3.05) is 7.11 Å². The highest BCUT2D eigenvalue weighted by Gasteiger charge is 2.47. The van der Waals surface area contributed by atoms with Crippen LogP contribution in [-0.4, -0.2) is 30.4 Å². The second-order valence-electron chi connectivity index (χ2n) is 3.92. The third-order valence-corrected chi connectivity index (χ3v) is 2.30. The fraction of sp³-hybridized carbons (Fsp3) is 0.250. The largest absolute Gasteiger partial charge is 0.503 e. The van der Waals surface area contributed by atoms with E-state index in [0.717, 1.165) is 0 Å². The summed E-state index contributed by atoms with van der Waals surface area (Å²) in [5.41, 5.74) is -2.41. The van der Waals surface area contributed by atoms with E-state index in [1.165, 1.54) is 31.4 Å². The van der Waals surface area contributed by atoms with Crippen LogP contribution in [0.4, 0.5) is 32.0 Å². The molecule has 0 spiro atoms. The number of hydrogen-bond donors (Lipinski definition) is 1. The van der Waals surface area contributed by atoms with E-state index in [4.69, 9.17) is 9.84 Å². The van der Waals surface area contributed by atoms with Gasteiger partial charge in [0.2, 0.25) is 5.76 Å². The Kier molecular flexibility index (Phi) is 5.35. The van der Waals surface area contributed by atoms with Crippen molar-refractivity contribution in [1.29, 1.82) is 0 Å². The first-order valence-electron chi connectivity index (χ1n) is 5.64. The van der Waals surface area contributed by atoms with Gasteiger partial charge in [-0.15, -0.1) is 5.11 Å². The minimum atomic E-state index is -5.66. The molecule has 0 fully saturated rings. The van der Waals surface area contributed by atoms with Gasteiger partial charge in [0.05, 0.1) is 12.8 Å². The summed E-state index contributed by atoms with van der Waals surface area (Å²) in [6, 6.07) is 4.96. The summed E-state index contributed by atoms with van der Waals surface area (Å²) in [7, 11) is 1.33. The molecule has 0 bridgehead atoms. The molecule has 1 rings (SSSR count). The molecule has 0 amide bonds. The van der Waals surface area contributed by atoms with Gasteiger partial charge in [0.25, 0.3) is 5.78 Å². The van der Waals surface area contributed by atoms with Crippen molar-refractivity contribution in [1.82, 2.24) is 0 Å². The Morgan fingerprint density at radius 1 is 1.04 bits per heavy atom. The van der Waals surface area contributed by atoms with E-state index in [0.29, 0.717) is 5.75 Å². The number of ketones is 1. The molecule has 1 N–H and O–H groups in total. The van der Waals surface area contributed by atoms with E-state index in [-0.39, 0.29) is 5.69 Å². The van der Waals surface area contributed by atoms with Crippen molar-refractivity contribution in [2.45, 2.75) is 12.4 Å². The lowest BCUT2D eigenvalue weighted by Crippen LogP contribution is -2.27. The van der Waals surface area contributed by atoms with Crippen molar-refractivity contribution in [2.24, 2.45) is 10.2 Å². The van der Waals surface area contributed by atoms with Gasteiger partial charge in [-0.05, 0) is 24.3 Å². The molecule has 0 aromatic heterocycles. The molecule has 0 aliphatic heterocycles. The number of methoxy groups -OCH3 is 1. The lowest BCUT2D eigenvalue weighted by Gasteiger charge is -2.09. The number of aliphatic hydroxyl groups excluding tert-OH is 1. The highest BCUT2D eigenvalue weighted by atomic mass is 19.4. The molecule has 126 valence electrons. The Bertz CT molecular complexity index is 632. The lowest BCUT2D eigenvalue weighted by atomic mass is 10.2. The van der Waals surface area contributed by atoms with Crippen molar-refractivity contribution in [3.05, 3.63) is 35.7 Å². The third-order valence-electron chi connectivity index (χ3n) is 2.30. The van der Waals surface area contributed by atoms with Gasteiger partial charge in [0.1, 0.15) is 5.75 Å². The van der Waals surface area contributed by atoms with Crippen LogP contribution in [0.1, 0.15) is 0 Å². The number of rotatable bonds is 4. The second kappa shape index (κ2) is 6.67. The predicted molar refractivity (Wildman–Crippen MR) is 64.3 cm³/mol. The molecule has 11 heteroatoms. The summed E-state index contributed by atoms with van der Waals surface area (Å²) in [5.74, 6) is -5.40. The number of ether oxygens (including phenoxy) is 1. The monoisotopic (exact) mass is 342 g/mol. The normalized spacial score (nSPS) is 13.9. The maximum absolute atomic E-state index is 12.3. The van der Waals surface area contributed by atoms with Crippen molar-refractivity contribution < 1.29 is 41.0 Å². The van der Waals surface area contributed by atoms with E-state index in [2.05, 4.69) is 10.2 Å². The summed E-state index contributed by atoms with van der Waals surface area (Å²) in [4.78, 5) is 11.0. The van der Waals surface area contributed by atoms with Crippen LogP contribution >= 0.6 is 0 Å². The van der Waals surface area contributed by atoms with Gasteiger partial charge < -0.3 is 9.84 Å². The molecular weight excluding hydrogens is 334 g/mol. The number of alkyl halides is 6. The highest BCUT2D eigenvalue weighted by Crippen LogP contribution is 2.31. The van der Waals surface area contributed by atoms with Crippen molar-refractivity contribution in [3.8, 4) is 5.75 Å². The minimum absolute atomic E-state index is 0.159. The van der Waals surface area contributed by atoms with Crippen LogP contribution in [0.25, 0.3) is 0 Å². The van der Waals surface area contributed by atoms with E-state index in [1.807, 2.05) is 0 Å². The molecule has 0 atom stereocenters. The van der Waals surface area contributed by atoms with Crippen LogP contribution in [0, 0.1) is 0 Å². The second-order valence-corrected chi connectivity index (χ2v) is 3.92. The minimum Gasteiger partial charge on any atom is -0.503 e. The summed E-state index contributed by atoms with van der Waals surface area (Å²) in [6.07, 6.45) is -11.2. The fourth-order valence-corrected chi connectivity index (χ4v) is 1.23. The number of aliphatic hydroxyl groups is 1. The number of carbonyl (C=O) groups is 1. The van der Waals surface area contributed by atoms with Crippen LogP contribution < -0.4 is 4.74 Å². The molecule has 0 aliphatic rings. The van der Waals surface area contributed by atoms with Crippen LogP contribution in [0.2, 0.25) is 0 Å². The number of hydrogen-bond acceptors (Lipinski definition) is 5. The number of carbonyl (C=O) groups excluding carboxylic acids is 1. The molecule has 5 nitrogen and oxygen atoms in total. The number of benzene rings is 1. The van der Waals surface area contributed by atoms with E-state index in [1.54, 1.807) is 0 Å². The number of nitrogens with zero attached hydrogens (tertiary/aromatic N) is 2. The van der Waals surface area contributed by atoms with Crippen LogP contribution in [-0.2, 0) is 4.79 Å². The zero-order chi connectivity index (χ0) is 17.8. The fourth-order valence-electron chi connectivity index (χ4n) is 1.23. The first-order chi connectivity index (χ1) is 10.5. The molecule has 1 aromatic carbocycles. The van der Waals surface area contributed by atoms with Gasteiger partial charge in [0.15, 0.2) is 5.70 Å². The molecule has 0 unspecified atom stereocenters. The SMILES string of the molecule is COc1ccc(N=N/C(C(=O)C(F)(F)F)=C(/O)C(F)(F)F)cc1. The van der Waals surface area contributed by atoms with Gasteiger partial charge in [-0.2, -0.15) is 31.5 Å². The predicted octanol–water partition coefficient (Wildman–Crippen LogP) is 4.24. The number of allylic oxidation sites excluding steroid dienone is 2. The maximum Gasteiger partial charge on any atom is 0.456 e. The van der Waals surface area contributed by atoms with E-state index >= 15 is 0 Å². The number of halogens is 6. The number of azo groups is 1. The average Bonchev–Trinajstić information content (AvgIpc) is 2.45. The summed E-state index contributed by atoms with van der Waals surface area (Å²) in [6.45, 7) is 0. The summed E-state index contributed by atoms with van der Waals surface area (Å²) >= 11 is 0. The van der Waals surface area contributed by atoms with Crippen molar-refractivity contribution >= 4 is 11.5 Å². The highest BCUT2D eigenvalue weighted by molar-refractivity contribution is 5.99. The topological polar surface area (TPSA) is 71.2 Å². The van der Waals surface area contributed by atoms with Crippen LogP contribution in [0.3, 0.4) is 0 Å². The Hall–Kier alpha value is -2.59. The smallest absolute Gasteiger partial charge is 0.456 e. The van der Waals surface area contributed by atoms with Gasteiger partial charge in [-0.25, -0.2) is 0 Å². The molecule has 0 aliphatic carbocycles. The van der Waals surface area contributed by atoms with Crippen LogP contribution in [0.5, 0.6) is 5.75 Å². The Morgan fingerprint density at radius 2 is 1.57 bits per heavy atom. The molecule has 0 saturated carbocycles. The maximum atomic E-state index is 12.3. The zero-order valence-electron chi connectivity index (χ0n) is 11.2. The summed E-state index contributed by atoms with van der Waals surface area (Å²) in [5, 5.41) is 14.5. The average molecular weight is 342 g/mol. The molecule has 1 aromatic rings. The van der Waals surface area contributed by atoms with Gasteiger partial charge in [0, 0.05) is 0 Å². The quantitative estimate of drug-likeness (QED) is 0.385. The lowest BCUT2D eigenvalue weighted by molar-refractivity contribution is -0.168. The van der Waals surface area contributed by atoms with E-state index in [9.17, 15) is 31.1 Å². The van der Waals surface area contributed by atoms with Gasteiger partial charge >= 0.3 is 12.4 Å². The molecule has 0 saturated heterocycles. The molecule has 0 radical (unpaired) electrons. The van der Waals surface area contributed by atoms with E-state index < -0.39 is 29.6 Å². The molecular formula is C12H8F6N2O3. The zero-order valence-corrected chi connectivity index (χ0v) is 11.2. The van der Waals surface area contributed by atoms with Crippen molar-refractivity contribution in [3.63, 3.8) is 0 Å². The van der Waals surface area contributed by atoms with Gasteiger partial charge in [-0.1, -0.05) is 0 Å². The number of Topliss-reactive ketones (excluding diaryl/α,β-unsaturated/α-hetero) is 1. The summed E-state index contributed by atoms with van der Waals surface area (Å²) < 4.78 is 78.6. The first kappa shape index (κ1) is 18.5.